The highest BCUT2D eigenvalue weighted by atomic mass is 16.7. The summed E-state index contributed by atoms with van der Waals surface area (Å²) in [6.45, 7) is 2.65. The number of aromatic nitrogens is 1. The molecule has 5 nitrogen and oxygen atoms in total. The average Bonchev–Trinajstić information content (AvgIpc) is 3.19. The topological polar surface area (TPSA) is 51.7 Å². The summed E-state index contributed by atoms with van der Waals surface area (Å²) in [5.41, 5.74) is 1.27. The molecule has 1 aromatic heterocycles. The van der Waals surface area contributed by atoms with E-state index in [9.17, 15) is 4.79 Å². The minimum absolute atomic E-state index is 0.269. The number of carbonyl (C=O) groups is 1. The molecule has 1 aliphatic rings. The van der Waals surface area contributed by atoms with Crippen LogP contribution in [0.1, 0.15) is 28.9 Å². The van der Waals surface area contributed by atoms with Crippen molar-refractivity contribution in [3.8, 4) is 5.75 Å². The van der Waals surface area contributed by atoms with Gasteiger partial charge in [-0.3, -0.25) is 9.63 Å². The number of hydrogen-bond acceptors (Lipinski definition) is 4. The Labute approximate surface area is 107 Å². The van der Waals surface area contributed by atoms with Crippen molar-refractivity contribution in [1.29, 1.82) is 0 Å². The highest BCUT2D eigenvalue weighted by molar-refractivity contribution is 5.91. The van der Waals surface area contributed by atoms with Gasteiger partial charge in [-0.2, -0.15) is 0 Å². The van der Waals surface area contributed by atoms with Crippen molar-refractivity contribution in [2.24, 2.45) is 5.92 Å². The SMILES string of the molecule is CON(C)C(=O)c1cc(C)c(OCC2CC2)cn1. The van der Waals surface area contributed by atoms with Gasteiger partial charge < -0.3 is 4.74 Å². The lowest BCUT2D eigenvalue weighted by molar-refractivity contribution is -0.0760. The molecule has 0 unspecified atom stereocenters. The van der Waals surface area contributed by atoms with Gasteiger partial charge in [-0.25, -0.2) is 10.0 Å². The van der Waals surface area contributed by atoms with Crippen LogP contribution in [0, 0.1) is 12.8 Å². The fourth-order valence-corrected chi connectivity index (χ4v) is 1.55. The predicted molar refractivity (Wildman–Crippen MR) is 66.3 cm³/mol. The number of ether oxygens (including phenoxy) is 1. The Kier molecular flexibility index (Phi) is 3.81. The highest BCUT2D eigenvalue weighted by Crippen LogP contribution is 2.30. The van der Waals surface area contributed by atoms with Gasteiger partial charge in [0.2, 0.25) is 0 Å². The number of carbonyl (C=O) groups excluding carboxylic acids is 1. The Bertz CT molecular complexity index is 444. The van der Waals surface area contributed by atoms with Crippen molar-refractivity contribution in [3.63, 3.8) is 0 Å². The predicted octanol–water partition coefficient (Wildman–Crippen LogP) is 1.81. The molecule has 1 saturated carbocycles. The molecule has 0 N–H and O–H groups in total. The molecular formula is C13H18N2O3. The molecular weight excluding hydrogens is 232 g/mol. The van der Waals surface area contributed by atoms with Crippen LogP contribution >= 0.6 is 0 Å². The van der Waals surface area contributed by atoms with Crippen molar-refractivity contribution >= 4 is 5.91 Å². The van der Waals surface area contributed by atoms with E-state index < -0.39 is 0 Å². The molecule has 1 heterocycles. The second kappa shape index (κ2) is 5.35. The fourth-order valence-electron chi connectivity index (χ4n) is 1.55. The third kappa shape index (κ3) is 2.98. The summed E-state index contributed by atoms with van der Waals surface area (Å²) < 4.78 is 5.66. The van der Waals surface area contributed by atoms with E-state index in [1.165, 1.54) is 20.0 Å². The van der Waals surface area contributed by atoms with Gasteiger partial charge in [-0.15, -0.1) is 0 Å². The summed E-state index contributed by atoms with van der Waals surface area (Å²) in [5, 5.41) is 1.15. The number of hydroxylamine groups is 2. The first-order chi connectivity index (χ1) is 8.61. The maximum absolute atomic E-state index is 11.8. The monoisotopic (exact) mass is 250 g/mol. The minimum atomic E-state index is -0.269. The Balaban J connectivity index is 2.05. The molecule has 0 saturated heterocycles. The van der Waals surface area contributed by atoms with E-state index in [-0.39, 0.29) is 5.91 Å². The maximum atomic E-state index is 11.8. The van der Waals surface area contributed by atoms with Crippen LogP contribution in [-0.4, -0.2) is 36.7 Å². The summed E-state index contributed by atoms with van der Waals surface area (Å²) in [7, 11) is 2.99. The van der Waals surface area contributed by atoms with E-state index in [1.807, 2.05) is 6.92 Å². The Morgan fingerprint density at radius 3 is 2.83 bits per heavy atom. The van der Waals surface area contributed by atoms with Crippen LogP contribution in [-0.2, 0) is 4.84 Å². The highest BCUT2D eigenvalue weighted by Gasteiger charge is 2.22. The van der Waals surface area contributed by atoms with E-state index in [2.05, 4.69) is 4.98 Å². The summed E-state index contributed by atoms with van der Waals surface area (Å²) in [6, 6.07) is 1.72. The zero-order valence-electron chi connectivity index (χ0n) is 11.0. The molecule has 1 amide bonds. The Morgan fingerprint density at radius 1 is 1.56 bits per heavy atom. The van der Waals surface area contributed by atoms with E-state index in [0.29, 0.717) is 11.6 Å². The molecule has 1 aliphatic carbocycles. The van der Waals surface area contributed by atoms with Gasteiger partial charge in [-0.1, -0.05) is 0 Å². The number of hydrogen-bond donors (Lipinski definition) is 0. The second-order valence-corrected chi connectivity index (χ2v) is 4.57. The normalized spacial score (nSPS) is 14.4. The van der Waals surface area contributed by atoms with Crippen molar-refractivity contribution in [3.05, 3.63) is 23.5 Å². The summed E-state index contributed by atoms with van der Waals surface area (Å²) >= 11 is 0. The van der Waals surface area contributed by atoms with Gasteiger partial charge in [0.15, 0.2) is 0 Å². The quantitative estimate of drug-likeness (QED) is 0.748. The van der Waals surface area contributed by atoms with Gasteiger partial charge in [0.1, 0.15) is 11.4 Å². The lowest BCUT2D eigenvalue weighted by atomic mass is 10.2. The molecule has 1 aromatic rings. The molecule has 0 aromatic carbocycles. The molecule has 2 rings (SSSR count). The number of aryl methyl sites for hydroxylation is 1. The van der Waals surface area contributed by atoms with Crippen molar-refractivity contribution in [2.75, 3.05) is 20.8 Å². The third-order valence-corrected chi connectivity index (χ3v) is 3.01. The lowest BCUT2D eigenvalue weighted by Crippen LogP contribution is -2.26. The first-order valence-electron chi connectivity index (χ1n) is 6.03. The smallest absolute Gasteiger partial charge is 0.295 e. The van der Waals surface area contributed by atoms with Crippen LogP contribution < -0.4 is 4.74 Å². The number of pyridine rings is 1. The van der Waals surface area contributed by atoms with E-state index in [0.717, 1.165) is 23.0 Å². The third-order valence-electron chi connectivity index (χ3n) is 3.01. The van der Waals surface area contributed by atoms with Gasteiger partial charge in [-0.05, 0) is 37.3 Å². The number of nitrogens with zero attached hydrogens (tertiary/aromatic N) is 2. The molecule has 0 radical (unpaired) electrons. The molecule has 18 heavy (non-hydrogen) atoms. The van der Waals surface area contributed by atoms with Crippen LogP contribution in [0.5, 0.6) is 5.75 Å². The van der Waals surface area contributed by atoms with Gasteiger partial charge in [0.25, 0.3) is 5.91 Å². The van der Waals surface area contributed by atoms with E-state index in [4.69, 9.17) is 9.57 Å². The van der Waals surface area contributed by atoms with Crippen molar-refractivity contribution in [2.45, 2.75) is 19.8 Å². The second-order valence-electron chi connectivity index (χ2n) is 4.57. The van der Waals surface area contributed by atoms with Gasteiger partial charge >= 0.3 is 0 Å². The van der Waals surface area contributed by atoms with Crippen LogP contribution in [0.15, 0.2) is 12.3 Å². The van der Waals surface area contributed by atoms with E-state index in [1.54, 1.807) is 19.3 Å². The van der Waals surface area contributed by atoms with Crippen LogP contribution in [0.4, 0.5) is 0 Å². The fraction of sp³-hybridized carbons (Fsp3) is 0.538. The zero-order valence-corrected chi connectivity index (χ0v) is 11.0. The number of rotatable bonds is 5. The molecule has 0 bridgehead atoms. The Morgan fingerprint density at radius 2 is 2.28 bits per heavy atom. The first-order valence-corrected chi connectivity index (χ1v) is 6.03. The molecule has 5 heteroatoms. The van der Waals surface area contributed by atoms with Crippen molar-refractivity contribution < 1.29 is 14.4 Å². The molecule has 1 fully saturated rings. The van der Waals surface area contributed by atoms with Crippen LogP contribution in [0.2, 0.25) is 0 Å². The lowest BCUT2D eigenvalue weighted by Gasteiger charge is -2.14. The van der Waals surface area contributed by atoms with Gasteiger partial charge in [0.05, 0.1) is 19.9 Å². The van der Waals surface area contributed by atoms with Crippen molar-refractivity contribution in [1.82, 2.24) is 10.0 Å². The minimum Gasteiger partial charge on any atom is -0.491 e. The Hall–Kier alpha value is -1.62. The largest absolute Gasteiger partial charge is 0.491 e. The molecule has 98 valence electrons. The molecule has 0 aliphatic heterocycles. The first kappa shape index (κ1) is 12.8. The van der Waals surface area contributed by atoms with Crippen LogP contribution in [0.3, 0.4) is 0 Å². The zero-order chi connectivity index (χ0) is 13.1. The summed E-state index contributed by atoms with van der Waals surface area (Å²) in [5.74, 6) is 1.18. The molecule has 0 atom stereocenters. The van der Waals surface area contributed by atoms with Gasteiger partial charge in [0, 0.05) is 7.05 Å². The van der Waals surface area contributed by atoms with Crippen LogP contribution in [0.25, 0.3) is 0 Å². The molecule has 0 spiro atoms. The standard InChI is InChI=1S/C13H18N2O3/c1-9-6-11(13(16)15(2)17-3)14-7-12(9)18-8-10-4-5-10/h6-7,10H,4-5,8H2,1-3H3. The van der Waals surface area contributed by atoms with E-state index >= 15 is 0 Å². The summed E-state index contributed by atoms with van der Waals surface area (Å²) in [4.78, 5) is 20.8. The summed E-state index contributed by atoms with van der Waals surface area (Å²) in [6.07, 6.45) is 4.11. The number of amides is 1. The maximum Gasteiger partial charge on any atom is 0.295 e. The average molecular weight is 250 g/mol.